The molecule has 0 saturated heterocycles. The van der Waals surface area contributed by atoms with Crippen LogP contribution < -0.4 is 0 Å². The highest BCUT2D eigenvalue weighted by Gasteiger charge is 2.85. The molecule has 0 aromatic rings. The highest BCUT2D eigenvalue weighted by molar-refractivity contribution is 5.25. The zero-order chi connectivity index (χ0) is 24.2. The summed E-state index contributed by atoms with van der Waals surface area (Å²) in [5.74, 6) is -7.36. The summed E-state index contributed by atoms with van der Waals surface area (Å²) in [6, 6.07) is 0. The van der Waals surface area contributed by atoms with E-state index in [1.807, 2.05) is 0 Å². The van der Waals surface area contributed by atoms with E-state index in [2.05, 4.69) is 0 Å². The van der Waals surface area contributed by atoms with E-state index in [0.29, 0.717) is 19.3 Å². The molecule has 192 valence electrons. The summed E-state index contributed by atoms with van der Waals surface area (Å²) < 4.78 is 100. The Morgan fingerprint density at radius 3 is 2.00 bits per heavy atom. The van der Waals surface area contributed by atoms with E-state index in [-0.39, 0.29) is 18.4 Å². The molecule has 8 heteroatoms. The fraction of sp³-hybridized carbons (Fsp3) is 1.00. The van der Waals surface area contributed by atoms with Crippen molar-refractivity contribution in [3.8, 4) is 0 Å². The van der Waals surface area contributed by atoms with Crippen molar-refractivity contribution in [2.75, 3.05) is 6.79 Å². The molecule has 2 bridgehead atoms. The highest BCUT2D eigenvalue weighted by atomic mass is 19.4. The number of hydrogen-bond acceptors (Lipinski definition) is 2. The molecule has 2 nitrogen and oxygen atoms in total. The Morgan fingerprint density at radius 1 is 0.818 bits per heavy atom. The molecule has 0 N–H and O–H groups in total. The summed E-state index contributed by atoms with van der Waals surface area (Å²) in [5, 5.41) is 0. The molecule has 8 unspecified atom stereocenters. The number of ether oxygens (including phenoxy) is 2. The van der Waals surface area contributed by atoms with Crippen LogP contribution in [0.3, 0.4) is 0 Å². The molecule has 0 spiro atoms. The van der Waals surface area contributed by atoms with Crippen molar-refractivity contribution in [1.29, 1.82) is 0 Å². The van der Waals surface area contributed by atoms with E-state index in [1.54, 1.807) is 13.8 Å². The maximum atomic E-state index is 16.2. The Balaban J connectivity index is 1.52. The summed E-state index contributed by atoms with van der Waals surface area (Å²) >= 11 is 0. The molecule has 4 rings (SSSR count). The lowest BCUT2D eigenvalue weighted by Crippen LogP contribution is -2.71. The van der Waals surface area contributed by atoms with E-state index in [4.69, 9.17) is 9.47 Å². The van der Waals surface area contributed by atoms with Crippen LogP contribution >= 0.6 is 0 Å². The third-order valence-electron chi connectivity index (χ3n) is 9.94. The zero-order valence-electron chi connectivity index (χ0n) is 19.9. The molecule has 0 amide bonds. The third kappa shape index (κ3) is 3.84. The maximum absolute atomic E-state index is 16.2. The minimum atomic E-state index is -5.31. The van der Waals surface area contributed by atoms with Crippen LogP contribution in [-0.4, -0.2) is 36.3 Å². The van der Waals surface area contributed by atoms with E-state index in [0.717, 1.165) is 44.9 Å². The zero-order valence-corrected chi connectivity index (χ0v) is 19.9. The molecule has 0 heterocycles. The van der Waals surface area contributed by atoms with Gasteiger partial charge in [0.2, 0.25) is 11.3 Å². The van der Waals surface area contributed by atoms with E-state index < -0.39 is 53.8 Å². The molecule has 4 aliphatic rings. The number of hydrogen-bond donors (Lipinski definition) is 0. The smallest absolute Gasteiger partial charge is 0.352 e. The molecular formula is C25H38F6O2. The van der Waals surface area contributed by atoms with Gasteiger partial charge in [-0.05, 0) is 49.9 Å². The van der Waals surface area contributed by atoms with Crippen molar-refractivity contribution in [2.24, 2.45) is 35.5 Å². The quantitative estimate of drug-likeness (QED) is 0.284. The van der Waals surface area contributed by atoms with Gasteiger partial charge in [-0.1, -0.05) is 58.8 Å². The normalized spacial score (nSPS) is 43.5. The van der Waals surface area contributed by atoms with Gasteiger partial charge in [0.25, 0.3) is 5.92 Å². The average Bonchev–Trinajstić information content (AvgIpc) is 3.19. The van der Waals surface area contributed by atoms with Crippen LogP contribution in [-0.2, 0) is 9.47 Å². The lowest BCUT2D eigenvalue weighted by Gasteiger charge is -2.51. The van der Waals surface area contributed by atoms with Crippen molar-refractivity contribution in [1.82, 2.24) is 0 Å². The molecule has 0 radical (unpaired) electrons. The van der Waals surface area contributed by atoms with Crippen molar-refractivity contribution >= 4 is 0 Å². The van der Waals surface area contributed by atoms with Crippen LogP contribution in [0.4, 0.5) is 26.3 Å². The summed E-state index contributed by atoms with van der Waals surface area (Å²) in [6.45, 7) is 2.78. The van der Waals surface area contributed by atoms with Gasteiger partial charge in [-0.15, -0.1) is 0 Å². The largest absolute Gasteiger partial charge is 0.420 e. The number of rotatable bonds is 6. The molecule has 0 aromatic heterocycles. The van der Waals surface area contributed by atoms with Crippen LogP contribution in [0, 0.1) is 35.5 Å². The number of alkyl halides is 6. The van der Waals surface area contributed by atoms with Crippen molar-refractivity contribution in [3.63, 3.8) is 0 Å². The van der Waals surface area contributed by atoms with Crippen molar-refractivity contribution < 1.29 is 35.8 Å². The summed E-state index contributed by atoms with van der Waals surface area (Å²) in [4.78, 5) is 0. The predicted octanol–water partition coefficient (Wildman–Crippen LogP) is 7.70. The molecular weight excluding hydrogens is 446 g/mol. The Morgan fingerprint density at radius 2 is 1.39 bits per heavy atom. The molecule has 0 aliphatic heterocycles. The minimum Gasteiger partial charge on any atom is -0.352 e. The Hall–Kier alpha value is -0.500. The fourth-order valence-corrected chi connectivity index (χ4v) is 7.69. The van der Waals surface area contributed by atoms with Gasteiger partial charge in [0.1, 0.15) is 6.79 Å². The van der Waals surface area contributed by atoms with Crippen LogP contribution in [0.25, 0.3) is 0 Å². The molecule has 4 aliphatic carbocycles. The molecule has 4 fully saturated rings. The van der Waals surface area contributed by atoms with Gasteiger partial charge in [-0.2, -0.15) is 13.2 Å². The molecule has 4 saturated carbocycles. The fourth-order valence-electron chi connectivity index (χ4n) is 7.69. The van der Waals surface area contributed by atoms with Crippen molar-refractivity contribution in [2.45, 2.75) is 114 Å². The molecule has 0 aromatic carbocycles. The Kier molecular flexibility index (Phi) is 6.87. The first-order valence-electron chi connectivity index (χ1n) is 12.7. The topological polar surface area (TPSA) is 18.5 Å². The van der Waals surface area contributed by atoms with Crippen LogP contribution in [0.15, 0.2) is 0 Å². The monoisotopic (exact) mass is 484 g/mol. The first-order chi connectivity index (χ1) is 15.4. The SMILES string of the molecule is CC1C(C)C2CC1C(F)(F)C2(F)C(C)(OCOC1CCCCC1C1CCCCC1)C(F)(F)F. The molecule has 8 atom stereocenters. The first-order valence-corrected chi connectivity index (χ1v) is 12.7. The van der Waals surface area contributed by atoms with Gasteiger partial charge in [0, 0.05) is 11.8 Å². The van der Waals surface area contributed by atoms with Gasteiger partial charge in [0.15, 0.2) is 0 Å². The lowest BCUT2D eigenvalue weighted by molar-refractivity contribution is -0.377. The van der Waals surface area contributed by atoms with Gasteiger partial charge >= 0.3 is 6.18 Å². The van der Waals surface area contributed by atoms with Gasteiger partial charge in [-0.3, -0.25) is 0 Å². The van der Waals surface area contributed by atoms with Gasteiger partial charge in [-0.25, -0.2) is 13.2 Å². The average molecular weight is 485 g/mol. The van der Waals surface area contributed by atoms with Crippen LogP contribution in [0.1, 0.15) is 85.0 Å². The van der Waals surface area contributed by atoms with E-state index in [1.165, 1.54) is 6.42 Å². The summed E-state index contributed by atoms with van der Waals surface area (Å²) in [5.41, 5.74) is -7.47. The van der Waals surface area contributed by atoms with E-state index in [9.17, 15) is 13.2 Å². The minimum absolute atomic E-state index is 0.240. The second kappa shape index (κ2) is 8.86. The van der Waals surface area contributed by atoms with E-state index >= 15 is 13.2 Å². The second-order valence-corrected chi connectivity index (χ2v) is 11.3. The maximum Gasteiger partial charge on any atom is 0.420 e. The van der Waals surface area contributed by atoms with Crippen LogP contribution in [0.2, 0.25) is 0 Å². The number of halogens is 6. The standard InChI is InChI=1S/C25H38F6O2/c1-15-16(2)20-13-19(15)23(26,24(20,27)28)22(3,25(29,30)31)33-14-32-21-12-8-7-11-18(21)17-9-5-4-6-10-17/h15-21H,4-14H2,1-3H3. The molecule has 33 heavy (non-hydrogen) atoms. The third-order valence-corrected chi connectivity index (χ3v) is 9.94. The summed E-state index contributed by atoms with van der Waals surface area (Å²) in [7, 11) is 0. The Bertz CT molecular complexity index is 693. The second-order valence-electron chi connectivity index (χ2n) is 11.3. The van der Waals surface area contributed by atoms with Crippen LogP contribution in [0.5, 0.6) is 0 Å². The Labute approximate surface area is 193 Å². The lowest BCUT2D eigenvalue weighted by atomic mass is 9.64. The van der Waals surface area contributed by atoms with Gasteiger partial charge < -0.3 is 9.47 Å². The number of fused-ring (bicyclic) bond motifs is 2. The van der Waals surface area contributed by atoms with Gasteiger partial charge in [0.05, 0.1) is 6.10 Å². The predicted molar refractivity (Wildman–Crippen MR) is 113 cm³/mol. The van der Waals surface area contributed by atoms with Crippen molar-refractivity contribution in [3.05, 3.63) is 0 Å². The first kappa shape index (κ1) is 25.6. The summed E-state index contributed by atoms with van der Waals surface area (Å²) in [6.07, 6.45) is 3.48. The highest BCUT2D eigenvalue weighted by Crippen LogP contribution is 2.70.